The Balaban J connectivity index is 2.12. The van der Waals surface area contributed by atoms with Crippen molar-refractivity contribution in [1.29, 1.82) is 0 Å². The summed E-state index contributed by atoms with van der Waals surface area (Å²) >= 11 is 0. The van der Waals surface area contributed by atoms with E-state index in [0.29, 0.717) is 12.8 Å². The highest BCUT2D eigenvalue weighted by Gasteiger charge is 2.27. The van der Waals surface area contributed by atoms with Crippen LogP contribution in [-0.4, -0.2) is 25.7 Å². The molecule has 1 fully saturated rings. The van der Waals surface area contributed by atoms with E-state index in [-0.39, 0.29) is 10.9 Å². The first kappa shape index (κ1) is 12.5. The second-order valence-electron chi connectivity index (χ2n) is 4.39. The van der Waals surface area contributed by atoms with Crippen LogP contribution in [-0.2, 0) is 10.0 Å². The van der Waals surface area contributed by atoms with Gasteiger partial charge in [0.1, 0.15) is 0 Å². The van der Waals surface area contributed by atoms with Gasteiger partial charge < -0.3 is 5.11 Å². The summed E-state index contributed by atoms with van der Waals surface area (Å²) in [5.74, 6) is 0. The number of nitrogens with one attached hydrogen (secondary N) is 1. The lowest BCUT2D eigenvalue weighted by Gasteiger charge is -2.28. The molecule has 0 saturated heterocycles. The average Bonchev–Trinajstić information content (AvgIpc) is 2.33. The van der Waals surface area contributed by atoms with Crippen LogP contribution in [0.4, 0.5) is 0 Å². The first-order valence-corrected chi connectivity index (χ1v) is 7.33. The second-order valence-corrected chi connectivity index (χ2v) is 6.11. The maximum Gasteiger partial charge on any atom is 0.240 e. The van der Waals surface area contributed by atoms with Crippen molar-refractivity contribution in [2.75, 3.05) is 0 Å². The molecule has 2 atom stereocenters. The maximum atomic E-state index is 12.0. The summed E-state index contributed by atoms with van der Waals surface area (Å²) in [6.07, 6.45) is 2.72. The van der Waals surface area contributed by atoms with Gasteiger partial charge in [0.05, 0.1) is 11.0 Å². The summed E-state index contributed by atoms with van der Waals surface area (Å²) < 4.78 is 26.6. The predicted octanol–water partition coefficient (Wildman–Crippen LogP) is 1.27. The standard InChI is InChI=1S/C12H17NO3S/c14-12-9-5-4-8-11(12)13-17(15,16)10-6-2-1-3-7-10/h1-3,6-7,11-14H,4-5,8-9H2/t11-,12+/m1/s1. The van der Waals surface area contributed by atoms with Gasteiger partial charge in [-0.25, -0.2) is 13.1 Å². The van der Waals surface area contributed by atoms with Gasteiger partial charge >= 0.3 is 0 Å². The number of hydrogen-bond donors (Lipinski definition) is 2. The molecule has 1 saturated carbocycles. The van der Waals surface area contributed by atoms with Crippen molar-refractivity contribution in [2.45, 2.75) is 42.7 Å². The lowest BCUT2D eigenvalue weighted by Crippen LogP contribution is -2.44. The zero-order valence-corrected chi connectivity index (χ0v) is 10.4. The Bertz CT molecular complexity index is 458. The summed E-state index contributed by atoms with van der Waals surface area (Å²) in [7, 11) is -3.50. The zero-order valence-electron chi connectivity index (χ0n) is 9.54. The summed E-state index contributed by atoms with van der Waals surface area (Å²) in [6, 6.07) is 7.90. The van der Waals surface area contributed by atoms with Crippen LogP contribution in [0.2, 0.25) is 0 Å². The summed E-state index contributed by atoms with van der Waals surface area (Å²) in [6.45, 7) is 0. The van der Waals surface area contributed by atoms with Gasteiger partial charge in [-0.3, -0.25) is 0 Å². The molecule has 0 unspecified atom stereocenters. The molecule has 0 aliphatic heterocycles. The van der Waals surface area contributed by atoms with Gasteiger partial charge in [0, 0.05) is 6.04 Å². The largest absolute Gasteiger partial charge is 0.391 e. The highest BCUT2D eigenvalue weighted by molar-refractivity contribution is 7.89. The Morgan fingerprint density at radius 3 is 2.41 bits per heavy atom. The number of aliphatic hydroxyl groups excluding tert-OH is 1. The van der Waals surface area contributed by atoms with E-state index < -0.39 is 16.1 Å². The minimum absolute atomic E-state index is 0.248. The van der Waals surface area contributed by atoms with Crippen LogP contribution in [0.3, 0.4) is 0 Å². The van der Waals surface area contributed by atoms with Gasteiger partial charge in [0.2, 0.25) is 10.0 Å². The first-order valence-electron chi connectivity index (χ1n) is 5.85. The molecule has 94 valence electrons. The van der Waals surface area contributed by atoms with Crippen LogP contribution in [0.15, 0.2) is 35.2 Å². The van der Waals surface area contributed by atoms with Crippen molar-refractivity contribution in [3.63, 3.8) is 0 Å². The predicted molar refractivity (Wildman–Crippen MR) is 65.0 cm³/mol. The highest BCUT2D eigenvalue weighted by atomic mass is 32.2. The second kappa shape index (κ2) is 5.16. The molecule has 0 heterocycles. The quantitative estimate of drug-likeness (QED) is 0.854. The molecule has 2 rings (SSSR count). The van der Waals surface area contributed by atoms with Crippen molar-refractivity contribution in [2.24, 2.45) is 0 Å². The molecule has 1 aromatic rings. The number of rotatable bonds is 3. The van der Waals surface area contributed by atoms with E-state index in [4.69, 9.17) is 0 Å². The Hall–Kier alpha value is -0.910. The molecular formula is C12H17NO3S. The Labute approximate surface area is 102 Å². The normalized spacial score (nSPS) is 25.7. The monoisotopic (exact) mass is 255 g/mol. The molecule has 0 amide bonds. The summed E-state index contributed by atoms with van der Waals surface area (Å²) in [5.41, 5.74) is 0. The number of sulfonamides is 1. The van der Waals surface area contributed by atoms with Crippen molar-refractivity contribution in [1.82, 2.24) is 4.72 Å². The molecule has 0 bridgehead atoms. The number of benzene rings is 1. The van der Waals surface area contributed by atoms with Crippen molar-refractivity contribution >= 4 is 10.0 Å². The molecule has 4 nitrogen and oxygen atoms in total. The van der Waals surface area contributed by atoms with Crippen LogP contribution in [0.1, 0.15) is 25.7 Å². The van der Waals surface area contributed by atoms with Gasteiger partial charge in [0.15, 0.2) is 0 Å². The smallest absolute Gasteiger partial charge is 0.240 e. The van der Waals surface area contributed by atoms with Crippen LogP contribution >= 0.6 is 0 Å². The lowest BCUT2D eigenvalue weighted by atomic mass is 9.93. The third kappa shape index (κ3) is 3.06. The van der Waals surface area contributed by atoms with Gasteiger partial charge in [-0.05, 0) is 25.0 Å². The van der Waals surface area contributed by atoms with Gasteiger partial charge in [-0.15, -0.1) is 0 Å². The molecule has 1 aliphatic carbocycles. The average molecular weight is 255 g/mol. The van der Waals surface area contributed by atoms with E-state index in [0.717, 1.165) is 12.8 Å². The van der Waals surface area contributed by atoms with Crippen LogP contribution < -0.4 is 4.72 Å². The molecule has 0 radical (unpaired) electrons. The van der Waals surface area contributed by atoms with E-state index in [1.807, 2.05) is 0 Å². The molecule has 0 spiro atoms. The number of hydrogen-bond acceptors (Lipinski definition) is 3. The maximum absolute atomic E-state index is 12.0. The minimum Gasteiger partial charge on any atom is -0.391 e. The van der Waals surface area contributed by atoms with Gasteiger partial charge in [-0.1, -0.05) is 31.0 Å². The fraction of sp³-hybridized carbons (Fsp3) is 0.500. The topological polar surface area (TPSA) is 66.4 Å². The van der Waals surface area contributed by atoms with E-state index in [2.05, 4.69) is 4.72 Å². The molecule has 0 aromatic heterocycles. The molecule has 1 aliphatic rings. The lowest BCUT2D eigenvalue weighted by molar-refractivity contribution is 0.101. The van der Waals surface area contributed by atoms with Crippen LogP contribution in [0.5, 0.6) is 0 Å². The molecule has 17 heavy (non-hydrogen) atoms. The fourth-order valence-corrected chi connectivity index (χ4v) is 3.44. The molecule has 2 N–H and O–H groups in total. The Morgan fingerprint density at radius 2 is 1.76 bits per heavy atom. The van der Waals surface area contributed by atoms with E-state index in [9.17, 15) is 13.5 Å². The molecule has 1 aromatic carbocycles. The number of aliphatic hydroxyl groups is 1. The molecular weight excluding hydrogens is 238 g/mol. The third-order valence-electron chi connectivity index (χ3n) is 3.09. The van der Waals surface area contributed by atoms with Crippen molar-refractivity contribution < 1.29 is 13.5 Å². The van der Waals surface area contributed by atoms with E-state index in [1.54, 1.807) is 30.3 Å². The third-order valence-corrected chi connectivity index (χ3v) is 4.60. The Kier molecular flexibility index (Phi) is 3.81. The Morgan fingerprint density at radius 1 is 1.12 bits per heavy atom. The minimum atomic E-state index is -3.50. The molecule has 5 heteroatoms. The van der Waals surface area contributed by atoms with Crippen LogP contribution in [0, 0.1) is 0 Å². The van der Waals surface area contributed by atoms with Crippen molar-refractivity contribution in [3.8, 4) is 0 Å². The van der Waals surface area contributed by atoms with Gasteiger partial charge in [0.25, 0.3) is 0 Å². The fourth-order valence-electron chi connectivity index (χ4n) is 2.12. The SMILES string of the molecule is O=S(=O)(N[C@@H]1CCCC[C@@H]1O)c1ccccc1. The van der Waals surface area contributed by atoms with E-state index in [1.165, 1.54) is 0 Å². The summed E-state index contributed by atoms with van der Waals surface area (Å²) in [4.78, 5) is 0.248. The first-order chi connectivity index (χ1) is 8.09. The summed E-state index contributed by atoms with van der Waals surface area (Å²) in [5, 5.41) is 9.75. The van der Waals surface area contributed by atoms with Gasteiger partial charge in [-0.2, -0.15) is 0 Å². The van der Waals surface area contributed by atoms with E-state index >= 15 is 0 Å². The zero-order chi connectivity index (χ0) is 12.3. The van der Waals surface area contributed by atoms with Crippen molar-refractivity contribution in [3.05, 3.63) is 30.3 Å². The van der Waals surface area contributed by atoms with Crippen LogP contribution in [0.25, 0.3) is 0 Å². The highest BCUT2D eigenvalue weighted by Crippen LogP contribution is 2.20.